The lowest BCUT2D eigenvalue weighted by Crippen LogP contribution is -2.30. The van der Waals surface area contributed by atoms with E-state index in [2.05, 4.69) is 32.7 Å². The first-order valence-electron chi connectivity index (χ1n) is 5.72. The highest BCUT2D eigenvalue weighted by atomic mass is 16.3. The molecule has 0 amide bonds. The van der Waals surface area contributed by atoms with Crippen LogP contribution in [-0.2, 0) is 0 Å². The molecule has 0 radical (unpaired) electrons. The number of hydrogen-bond acceptors (Lipinski definition) is 2. The van der Waals surface area contributed by atoms with E-state index < -0.39 is 0 Å². The van der Waals surface area contributed by atoms with Gasteiger partial charge in [0.05, 0.1) is 6.10 Å². The van der Waals surface area contributed by atoms with Crippen LogP contribution in [0.4, 0.5) is 0 Å². The Bertz CT molecular complexity index is 140. The van der Waals surface area contributed by atoms with Crippen LogP contribution in [-0.4, -0.2) is 36.2 Å². The van der Waals surface area contributed by atoms with Crippen LogP contribution in [0, 0.1) is 5.41 Å². The molecule has 0 aromatic rings. The van der Waals surface area contributed by atoms with E-state index in [0.717, 1.165) is 32.4 Å². The molecule has 0 saturated carbocycles. The summed E-state index contributed by atoms with van der Waals surface area (Å²) in [6, 6.07) is 0. The quantitative estimate of drug-likeness (QED) is 0.714. The van der Waals surface area contributed by atoms with Crippen molar-refractivity contribution in [2.75, 3.05) is 20.1 Å². The molecular weight excluding hydrogens is 174 g/mol. The zero-order chi connectivity index (χ0) is 11.2. The van der Waals surface area contributed by atoms with Crippen LogP contribution < -0.4 is 0 Å². The van der Waals surface area contributed by atoms with E-state index in [9.17, 15) is 5.11 Å². The summed E-state index contributed by atoms with van der Waals surface area (Å²) in [5.41, 5.74) is 0.373. The maximum absolute atomic E-state index is 9.38. The van der Waals surface area contributed by atoms with Gasteiger partial charge in [0.25, 0.3) is 0 Å². The van der Waals surface area contributed by atoms with Gasteiger partial charge in [-0.3, -0.25) is 0 Å². The largest absolute Gasteiger partial charge is 0.393 e. The van der Waals surface area contributed by atoms with Gasteiger partial charge in [0.2, 0.25) is 0 Å². The molecule has 0 aliphatic rings. The van der Waals surface area contributed by atoms with Crippen LogP contribution >= 0.6 is 0 Å². The Morgan fingerprint density at radius 1 is 1.29 bits per heavy atom. The Hall–Kier alpha value is -0.0800. The average Bonchev–Trinajstić information content (AvgIpc) is 2.00. The van der Waals surface area contributed by atoms with Crippen molar-refractivity contribution >= 4 is 0 Å². The molecule has 1 unspecified atom stereocenters. The topological polar surface area (TPSA) is 23.5 Å². The fourth-order valence-electron chi connectivity index (χ4n) is 1.69. The molecule has 0 aromatic heterocycles. The number of hydrogen-bond donors (Lipinski definition) is 1. The molecule has 0 aliphatic heterocycles. The van der Waals surface area contributed by atoms with Gasteiger partial charge >= 0.3 is 0 Å². The minimum Gasteiger partial charge on any atom is -0.393 e. The molecule has 0 bridgehead atoms. The third kappa shape index (κ3) is 8.52. The lowest BCUT2D eigenvalue weighted by molar-refractivity contribution is 0.147. The first kappa shape index (κ1) is 13.9. The summed E-state index contributed by atoms with van der Waals surface area (Å²) in [7, 11) is 2.16. The minimum absolute atomic E-state index is 0.0990. The molecule has 0 aliphatic carbocycles. The van der Waals surface area contributed by atoms with E-state index in [-0.39, 0.29) is 6.10 Å². The highest BCUT2D eigenvalue weighted by Gasteiger charge is 2.13. The highest BCUT2D eigenvalue weighted by molar-refractivity contribution is 4.66. The van der Waals surface area contributed by atoms with Crippen LogP contribution in [0.25, 0.3) is 0 Å². The van der Waals surface area contributed by atoms with Crippen molar-refractivity contribution < 1.29 is 5.11 Å². The summed E-state index contributed by atoms with van der Waals surface area (Å²) in [5, 5.41) is 9.38. The Morgan fingerprint density at radius 3 is 2.29 bits per heavy atom. The number of aliphatic hydroxyl groups excluding tert-OH is 1. The van der Waals surface area contributed by atoms with Gasteiger partial charge in [0.15, 0.2) is 0 Å². The molecule has 0 fully saturated rings. The van der Waals surface area contributed by atoms with E-state index in [4.69, 9.17) is 0 Å². The number of aliphatic hydroxyl groups is 1. The summed E-state index contributed by atoms with van der Waals surface area (Å²) >= 11 is 0. The molecule has 0 heterocycles. The van der Waals surface area contributed by atoms with Crippen LogP contribution in [0.15, 0.2) is 0 Å². The molecule has 0 rings (SSSR count). The average molecular weight is 201 g/mol. The number of rotatable bonds is 6. The van der Waals surface area contributed by atoms with E-state index in [1.165, 1.54) is 0 Å². The summed E-state index contributed by atoms with van der Waals surface area (Å²) in [6.45, 7) is 11.0. The summed E-state index contributed by atoms with van der Waals surface area (Å²) in [5.74, 6) is 0. The second kappa shape index (κ2) is 6.41. The predicted molar refractivity (Wildman–Crippen MR) is 62.5 cm³/mol. The van der Waals surface area contributed by atoms with Gasteiger partial charge in [-0.2, -0.15) is 0 Å². The second-order valence-corrected chi connectivity index (χ2v) is 5.50. The van der Waals surface area contributed by atoms with Crippen LogP contribution in [0.1, 0.15) is 47.0 Å². The molecule has 0 aromatic carbocycles. The third-order valence-corrected chi connectivity index (χ3v) is 2.29. The van der Waals surface area contributed by atoms with E-state index in [1.54, 1.807) is 0 Å². The van der Waals surface area contributed by atoms with Gasteiger partial charge in [-0.25, -0.2) is 0 Å². The van der Waals surface area contributed by atoms with Crippen molar-refractivity contribution in [3.8, 4) is 0 Å². The predicted octanol–water partition coefficient (Wildman–Crippen LogP) is 2.52. The standard InChI is InChI=1S/C12H27NO/c1-6-11(14)8-7-9-13(5)10-12(2,3)4/h11,14H,6-10H2,1-5H3. The first-order valence-corrected chi connectivity index (χ1v) is 5.72. The van der Waals surface area contributed by atoms with Gasteiger partial charge in [-0.05, 0) is 38.3 Å². The van der Waals surface area contributed by atoms with E-state index >= 15 is 0 Å². The van der Waals surface area contributed by atoms with Crippen molar-refractivity contribution in [2.24, 2.45) is 5.41 Å². The summed E-state index contributed by atoms with van der Waals surface area (Å²) in [6.07, 6.45) is 2.81. The summed E-state index contributed by atoms with van der Waals surface area (Å²) in [4.78, 5) is 2.35. The van der Waals surface area contributed by atoms with Crippen molar-refractivity contribution in [3.63, 3.8) is 0 Å². The molecule has 86 valence electrons. The van der Waals surface area contributed by atoms with Gasteiger partial charge in [-0.15, -0.1) is 0 Å². The van der Waals surface area contributed by atoms with E-state index in [1.807, 2.05) is 6.92 Å². The SMILES string of the molecule is CCC(O)CCCN(C)CC(C)(C)C. The molecule has 1 atom stereocenters. The van der Waals surface area contributed by atoms with Crippen molar-refractivity contribution in [3.05, 3.63) is 0 Å². The van der Waals surface area contributed by atoms with Crippen LogP contribution in [0.3, 0.4) is 0 Å². The lowest BCUT2D eigenvalue weighted by atomic mass is 9.96. The van der Waals surface area contributed by atoms with E-state index in [0.29, 0.717) is 5.41 Å². The maximum Gasteiger partial charge on any atom is 0.0538 e. The zero-order valence-corrected chi connectivity index (χ0v) is 10.5. The van der Waals surface area contributed by atoms with Crippen molar-refractivity contribution in [1.29, 1.82) is 0 Å². The van der Waals surface area contributed by atoms with Crippen molar-refractivity contribution in [2.45, 2.75) is 53.1 Å². The fourth-order valence-corrected chi connectivity index (χ4v) is 1.69. The second-order valence-electron chi connectivity index (χ2n) is 5.50. The number of nitrogens with zero attached hydrogens (tertiary/aromatic N) is 1. The van der Waals surface area contributed by atoms with Crippen LogP contribution in [0.5, 0.6) is 0 Å². The van der Waals surface area contributed by atoms with Gasteiger partial charge < -0.3 is 10.0 Å². The monoisotopic (exact) mass is 201 g/mol. The Kier molecular flexibility index (Phi) is 6.38. The molecular formula is C12H27NO. The van der Waals surface area contributed by atoms with Crippen molar-refractivity contribution in [1.82, 2.24) is 4.90 Å². The van der Waals surface area contributed by atoms with Gasteiger partial charge in [0.1, 0.15) is 0 Å². The molecule has 1 N–H and O–H groups in total. The lowest BCUT2D eigenvalue weighted by Gasteiger charge is -2.26. The molecule has 0 spiro atoms. The van der Waals surface area contributed by atoms with Crippen LogP contribution in [0.2, 0.25) is 0 Å². The maximum atomic E-state index is 9.38. The van der Waals surface area contributed by atoms with Gasteiger partial charge in [-0.1, -0.05) is 27.7 Å². The fraction of sp³-hybridized carbons (Fsp3) is 1.00. The van der Waals surface area contributed by atoms with Gasteiger partial charge in [0, 0.05) is 6.54 Å². The highest BCUT2D eigenvalue weighted by Crippen LogP contribution is 2.14. The normalized spacial score (nSPS) is 14.8. The summed E-state index contributed by atoms with van der Waals surface area (Å²) < 4.78 is 0. The molecule has 14 heavy (non-hydrogen) atoms. The first-order chi connectivity index (χ1) is 6.35. The smallest absolute Gasteiger partial charge is 0.0538 e. The molecule has 2 heteroatoms. The molecule has 0 saturated heterocycles. The minimum atomic E-state index is -0.0990. The Morgan fingerprint density at radius 2 is 1.86 bits per heavy atom. The Balaban J connectivity index is 3.50. The third-order valence-electron chi connectivity index (χ3n) is 2.29. The zero-order valence-electron chi connectivity index (χ0n) is 10.5. The Labute approximate surface area is 89.3 Å². The molecule has 2 nitrogen and oxygen atoms in total.